The third-order valence-corrected chi connectivity index (χ3v) is 5.04. The molecular formula is C24H20N2O3. The Labute approximate surface area is 169 Å². The largest absolute Gasteiger partial charge is 0.353 e. The molecule has 0 aliphatic carbocycles. The van der Waals surface area contributed by atoms with Crippen LogP contribution in [0.3, 0.4) is 0 Å². The standard InChI is InChI=1S/C24H20N2O3/c27-22(21(17-9-3-1-4-10-17)18-11-5-2-6-12-18)25-15-16-26-23(28)19-13-7-8-14-20(19)24(26)29/h1-14,21H,15-16H2,(H,25,27). The molecule has 4 rings (SSSR count). The molecule has 3 amide bonds. The summed E-state index contributed by atoms with van der Waals surface area (Å²) in [6.45, 7) is 0.328. The van der Waals surface area contributed by atoms with Gasteiger partial charge in [0.1, 0.15) is 0 Å². The number of fused-ring (bicyclic) bond motifs is 1. The van der Waals surface area contributed by atoms with Gasteiger partial charge in [-0.1, -0.05) is 72.8 Å². The Morgan fingerprint density at radius 3 is 1.66 bits per heavy atom. The van der Waals surface area contributed by atoms with Gasteiger partial charge in [-0.25, -0.2) is 0 Å². The summed E-state index contributed by atoms with van der Waals surface area (Å²) in [6, 6.07) is 25.9. The maximum Gasteiger partial charge on any atom is 0.261 e. The molecule has 144 valence electrons. The van der Waals surface area contributed by atoms with E-state index in [9.17, 15) is 14.4 Å². The molecule has 0 fully saturated rings. The average molecular weight is 384 g/mol. The summed E-state index contributed by atoms with van der Waals surface area (Å²) in [5, 5.41) is 2.89. The predicted molar refractivity (Wildman–Crippen MR) is 110 cm³/mol. The molecule has 0 spiro atoms. The molecule has 0 bridgehead atoms. The van der Waals surface area contributed by atoms with Crippen LogP contribution in [0.5, 0.6) is 0 Å². The monoisotopic (exact) mass is 384 g/mol. The van der Waals surface area contributed by atoms with Gasteiger partial charge in [-0.05, 0) is 23.3 Å². The number of imide groups is 1. The molecule has 0 atom stereocenters. The molecule has 29 heavy (non-hydrogen) atoms. The fraction of sp³-hybridized carbons (Fsp3) is 0.125. The SMILES string of the molecule is O=C(NCCN1C(=O)c2ccccc2C1=O)C(c1ccccc1)c1ccccc1. The van der Waals surface area contributed by atoms with E-state index >= 15 is 0 Å². The van der Waals surface area contributed by atoms with Crippen molar-refractivity contribution in [1.29, 1.82) is 0 Å². The van der Waals surface area contributed by atoms with Crippen LogP contribution in [0.4, 0.5) is 0 Å². The van der Waals surface area contributed by atoms with E-state index in [2.05, 4.69) is 5.32 Å². The van der Waals surface area contributed by atoms with Gasteiger partial charge in [0.25, 0.3) is 11.8 Å². The fourth-order valence-electron chi connectivity index (χ4n) is 3.62. The number of carbonyl (C=O) groups excluding carboxylic acids is 3. The molecule has 0 saturated heterocycles. The van der Waals surface area contributed by atoms with Crippen LogP contribution in [-0.2, 0) is 4.79 Å². The van der Waals surface area contributed by atoms with Crippen LogP contribution < -0.4 is 5.32 Å². The highest BCUT2D eigenvalue weighted by atomic mass is 16.2. The van der Waals surface area contributed by atoms with Crippen molar-refractivity contribution in [3.63, 3.8) is 0 Å². The number of carbonyl (C=O) groups is 3. The molecule has 0 unspecified atom stereocenters. The lowest BCUT2D eigenvalue weighted by Gasteiger charge is -2.19. The smallest absolute Gasteiger partial charge is 0.261 e. The third kappa shape index (κ3) is 3.67. The Kier molecular flexibility index (Phi) is 5.20. The maximum absolute atomic E-state index is 13.0. The Balaban J connectivity index is 1.46. The number of hydrogen-bond donors (Lipinski definition) is 1. The van der Waals surface area contributed by atoms with E-state index in [-0.39, 0.29) is 30.8 Å². The van der Waals surface area contributed by atoms with Gasteiger partial charge >= 0.3 is 0 Å². The summed E-state index contributed by atoms with van der Waals surface area (Å²) in [6.07, 6.45) is 0. The van der Waals surface area contributed by atoms with Crippen LogP contribution in [0.2, 0.25) is 0 Å². The topological polar surface area (TPSA) is 66.5 Å². The molecule has 0 aromatic heterocycles. The minimum atomic E-state index is -0.459. The molecule has 3 aromatic rings. The van der Waals surface area contributed by atoms with E-state index in [4.69, 9.17) is 0 Å². The van der Waals surface area contributed by atoms with Gasteiger partial charge in [0, 0.05) is 13.1 Å². The number of nitrogens with zero attached hydrogens (tertiary/aromatic N) is 1. The van der Waals surface area contributed by atoms with Crippen molar-refractivity contribution in [1.82, 2.24) is 10.2 Å². The van der Waals surface area contributed by atoms with Crippen molar-refractivity contribution in [3.8, 4) is 0 Å². The molecule has 5 heteroatoms. The quantitative estimate of drug-likeness (QED) is 0.664. The van der Waals surface area contributed by atoms with Crippen LogP contribution in [0.1, 0.15) is 37.8 Å². The Morgan fingerprint density at radius 1 is 0.724 bits per heavy atom. The highest BCUT2D eigenvalue weighted by Crippen LogP contribution is 2.25. The lowest BCUT2D eigenvalue weighted by atomic mass is 9.90. The van der Waals surface area contributed by atoms with Crippen molar-refractivity contribution in [3.05, 3.63) is 107 Å². The Morgan fingerprint density at radius 2 is 1.17 bits per heavy atom. The molecule has 5 nitrogen and oxygen atoms in total. The number of amides is 3. The second kappa shape index (κ2) is 8.10. The first-order valence-corrected chi connectivity index (χ1v) is 9.49. The van der Waals surface area contributed by atoms with Crippen molar-refractivity contribution < 1.29 is 14.4 Å². The number of hydrogen-bond acceptors (Lipinski definition) is 3. The van der Waals surface area contributed by atoms with Crippen molar-refractivity contribution >= 4 is 17.7 Å². The Hall–Kier alpha value is -3.73. The second-order valence-electron chi connectivity index (χ2n) is 6.85. The summed E-state index contributed by atoms with van der Waals surface area (Å²) in [5.41, 5.74) is 2.60. The van der Waals surface area contributed by atoms with E-state index in [0.717, 1.165) is 11.1 Å². The van der Waals surface area contributed by atoms with E-state index in [1.54, 1.807) is 24.3 Å². The summed E-state index contributed by atoms with van der Waals surface area (Å²) < 4.78 is 0. The lowest BCUT2D eigenvalue weighted by molar-refractivity contribution is -0.121. The second-order valence-corrected chi connectivity index (χ2v) is 6.85. The summed E-state index contributed by atoms with van der Waals surface area (Å²) in [5.74, 6) is -1.26. The van der Waals surface area contributed by atoms with Crippen LogP contribution >= 0.6 is 0 Å². The lowest BCUT2D eigenvalue weighted by Crippen LogP contribution is -2.39. The highest BCUT2D eigenvalue weighted by Gasteiger charge is 2.34. The molecular weight excluding hydrogens is 364 g/mol. The molecule has 3 aromatic carbocycles. The van der Waals surface area contributed by atoms with Gasteiger partial charge in [-0.3, -0.25) is 19.3 Å². The maximum atomic E-state index is 13.0. The average Bonchev–Trinajstić information content (AvgIpc) is 3.01. The van der Waals surface area contributed by atoms with Crippen LogP contribution in [0.25, 0.3) is 0 Å². The first kappa shape index (κ1) is 18.6. The van der Waals surface area contributed by atoms with Crippen LogP contribution in [0, 0.1) is 0 Å². The molecule has 1 aliphatic heterocycles. The molecule has 1 heterocycles. The van der Waals surface area contributed by atoms with Gasteiger partial charge in [0.05, 0.1) is 17.0 Å². The summed E-state index contributed by atoms with van der Waals surface area (Å²) in [4.78, 5) is 39.1. The zero-order chi connectivity index (χ0) is 20.2. The fourth-order valence-corrected chi connectivity index (χ4v) is 3.62. The Bertz CT molecular complexity index is 973. The zero-order valence-electron chi connectivity index (χ0n) is 15.7. The number of rotatable bonds is 6. The number of benzene rings is 3. The van der Waals surface area contributed by atoms with Gasteiger partial charge in [-0.15, -0.1) is 0 Å². The number of nitrogens with one attached hydrogen (secondary N) is 1. The van der Waals surface area contributed by atoms with E-state index in [0.29, 0.717) is 11.1 Å². The van der Waals surface area contributed by atoms with Gasteiger partial charge in [0.15, 0.2) is 0 Å². The van der Waals surface area contributed by atoms with E-state index in [1.807, 2.05) is 60.7 Å². The minimum Gasteiger partial charge on any atom is -0.353 e. The molecule has 0 radical (unpaired) electrons. The van der Waals surface area contributed by atoms with Crippen molar-refractivity contribution in [2.24, 2.45) is 0 Å². The summed E-state index contributed by atoms with van der Waals surface area (Å²) in [7, 11) is 0. The van der Waals surface area contributed by atoms with Crippen molar-refractivity contribution in [2.45, 2.75) is 5.92 Å². The summed E-state index contributed by atoms with van der Waals surface area (Å²) >= 11 is 0. The zero-order valence-corrected chi connectivity index (χ0v) is 15.7. The molecule has 1 N–H and O–H groups in total. The third-order valence-electron chi connectivity index (χ3n) is 5.04. The van der Waals surface area contributed by atoms with E-state index < -0.39 is 5.92 Å². The van der Waals surface area contributed by atoms with Crippen LogP contribution in [-0.4, -0.2) is 35.7 Å². The van der Waals surface area contributed by atoms with Crippen LogP contribution in [0.15, 0.2) is 84.9 Å². The first-order chi connectivity index (χ1) is 14.2. The molecule has 0 saturated carbocycles. The van der Waals surface area contributed by atoms with Crippen molar-refractivity contribution in [2.75, 3.05) is 13.1 Å². The highest BCUT2D eigenvalue weighted by molar-refractivity contribution is 6.21. The minimum absolute atomic E-state index is 0.133. The van der Waals surface area contributed by atoms with Gasteiger partial charge in [-0.2, -0.15) is 0 Å². The van der Waals surface area contributed by atoms with Gasteiger partial charge in [0.2, 0.25) is 5.91 Å². The first-order valence-electron chi connectivity index (χ1n) is 9.49. The van der Waals surface area contributed by atoms with E-state index in [1.165, 1.54) is 4.90 Å². The van der Waals surface area contributed by atoms with Gasteiger partial charge < -0.3 is 5.32 Å². The predicted octanol–water partition coefficient (Wildman–Crippen LogP) is 3.23. The molecule has 1 aliphatic rings. The normalized spacial score (nSPS) is 12.9.